The van der Waals surface area contributed by atoms with E-state index in [9.17, 15) is 5.11 Å². The molecule has 22 heavy (non-hydrogen) atoms. The highest BCUT2D eigenvalue weighted by atomic mass is 16.3. The minimum Gasteiger partial charge on any atom is -0.387 e. The molecule has 3 heteroatoms. The van der Waals surface area contributed by atoms with Crippen LogP contribution in [0.4, 0.5) is 0 Å². The number of aliphatic hydroxyl groups excluding tert-OH is 1. The maximum absolute atomic E-state index is 10.3. The van der Waals surface area contributed by atoms with Gasteiger partial charge in [-0.25, -0.2) is 0 Å². The van der Waals surface area contributed by atoms with Gasteiger partial charge in [0, 0.05) is 19.5 Å². The largest absolute Gasteiger partial charge is 0.387 e. The van der Waals surface area contributed by atoms with Gasteiger partial charge in [0.15, 0.2) is 0 Å². The van der Waals surface area contributed by atoms with E-state index in [1.54, 1.807) is 0 Å². The molecule has 0 radical (unpaired) electrons. The number of aliphatic hydroxyl groups is 1. The molecule has 1 aromatic carbocycles. The maximum atomic E-state index is 10.3. The molecule has 0 aliphatic heterocycles. The van der Waals surface area contributed by atoms with Crippen molar-refractivity contribution in [2.24, 2.45) is 5.41 Å². The van der Waals surface area contributed by atoms with Gasteiger partial charge in [-0.15, -0.1) is 0 Å². The molecule has 1 rings (SSSR count). The molecule has 0 aliphatic carbocycles. The van der Waals surface area contributed by atoms with Gasteiger partial charge in [0.2, 0.25) is 0 Å². The fraction of sp³-hybridized carbons (Fsp3) is 0.632. The molecule has 0 saturated carbocycles. The van der Waals surface area contributed by atoms with Crippen molar-refractivity contribution in [2.45, 2.75) is 59.0 Å². The van der Waals surface area contributed by atoms with E-state index in [1.165, 1.54) is 5.56 Å². The van der Waals surface area contributed by atoms with Crippen molar-refractivity contribution in [3.8, 4) is 6.07 Å². The Hall–Kier alpha value is -1.37. The van der Waals surface area contributed by atoms with E-state index >= 15 is 0 Å². The summed E-state index contributed by atoms with van der Waals surface area (Å²) in [5, 5.41) is 22.3. The fourth-order valence-electron chi connectivity index (χ4n) is 2.35. The molecule has 0 heterocycles. The van der Waals surface area contributed by atoms with Gasteiger partial charge >= 0.3 is 0 Å². The average molecular weight is 302 g/mol. The Morgan fingerprint density at radius 2 is 1.73 bits per heavy atom. The van der Waals surface area contributed by atoms with Crippen LogP contribution < -0.4 is 5.32 Å². The molecule has 2 N–H and O–H groups in total. The lowest BCUT2D eigenvalue weighted by Crippen LogP contribution is -2.32. The first-order valence-corrected chi connectivity index (χ1v) is 8.02. The third-order valence-electron chi connectivity index (χ3n) is 4.02. The number of hydrogen-bond donors (Lipinski definition) is 2. The Labute approximate surface area is 135 Å². The van der Waals surface area contributed by atoms with Gasteiger partial charge in [-0.1, -0.05) is 58.9 Å². The van der Waals surface area contributed by atoms with Gasteiger partial charge < -0.3 is 10.4 Å². The third kappa shape index (κ3) is 6.17. The first kappa shape index (κ1) is 18.7. The highest BCUT2D eigenvalue weighted by Gasteiger charge is 2.18. The zero-order valence-corrected chi connectivity index (χ0v) is 14.6. The predicted molar refractivity (Wildman–Crippen MR) is 91.6 cm³/mol. The topological polar surface area (TPSA) is 56.0 Å². The van der Waals surface area contributed by atoms with E-state index < -0.39 is 6.10 Å². The molecule has 0 aromatic heterocycles. The Balaban J connectivity index is 2.49. The zero-order chi connectivity index (χ0) is 16.8. The third-order valence-corrected chi connectivity index (χ3v) is 4.02. The number of hydrogen-bond acceptors (Lipinski definition) is 3. The van der Waals surface area contributed by atoms with Gasteiger partial charge in [-0.3, -0.25) is 0 Å². The number of rotatable bonds is 7. The van der Waals surface area contributed by atoms with Gasteiger partial charge in [0.05, 0.1) is 12.2 Å². The minimum absolute atomic E-state index is 0.0749. The van der Waals surface area contributed by atoms with Crippen LogP contribution in [0.1, 0.15) is 64.7 Å². The van der Waals surface area contributed by atoms with Gasteiger partial charge in [0.25, 0.3) is 0 Å². The van der Waals surface area contributed by atoms with Crippen LogP contribution in [0.3, 0.4) is 0 Å². The van der Waals surface area contributed by atoms with Crippen LogP contribution in [-0.4, -0.2) is 18.2 Å². The lowest BCUT2D eigenvalue weighted by atomic mass is 9.86. The second kappa shape index (κ2) is 7.76. The van der Waals surface area contributed by atoms with Crippen molar-refractivity contribution >= 4 is 0 Å². The van der Waals surface area contributed by atoms with Gasteiger partial charge in [-0.2, -0.15) is 5.26 Å². The number of nitrogens with one attached hydrogen (secondary N) is 1. The number of nitrogens with zero attached hydrogens (tertiary/aromatic N) is 1. The van der Waals surface area contributed by atoms with E-state index in [1.807, 2.05) is 12.1 Å². The first-order chi connectivity index (χ1) is 10.2. The van der Waals surface area contributed by atoms with Crippen LogP contribution in [0.15, 0.2) is 24.3 Å². The van der Waals surface area contributed by atoms with E-state index in [2.05, 4.69) is 58.1 Å². The van der Waals surface area contributed by atoms with Crippen molar-refractivity contribution in [1.29, 1.82) is 5.26 Å². The van der Waals surface area contributed by atoms with Crippen molar-refractivity contribution in [3.05, 3.63) is 35.4 Å². The normalized spacial score (nSPS) is 13.7. The molecule has 3 nitrogen and oxygen atoms in total. The highest BCUT2D eigenvalue weighted by Crippen LogP contribution is 2.24. The average Bonchev–Trinajstić information content (AvgIpc) is 2.44. The summed E-state index contributed by atoms with van der Waals surface area (Å²) in [6.45, 7) is 12.2. The van der Waals surface area contributed by atoms with Crippen molar-refractivity contribution < 1.29 is 5.11 Å². The predicted octanol–water partition coefficient (Wildman–Crippen LogP) is 3.94. The van der Waals surface area contributed by atoms with E-state index in [0.29, 0.717) is 13.0 Å². The molecule has 1 atom stereocenters. The summed E-state index contributed by atoms with van der Waals surface area (Å²) in [7, 11) is 0. The summed E-state index contributed by atoms with van der Waals surface area (Å²) < 4.78 is 0. The molecule has 0 bridgehead atoms. The Kier molecular flexibility index (Phi) is 6.59. The SMILES string of the molecule is CC(C)(CCC#N)CNCC(O)c1ccc(C(C)(C)C)cc1. The second-order valence-corrected chi connectivity index (χ2v) is 7.84. The standard InChI is InChI=1S/C19H30N2O/c1-18(2,3)16-9-7-15(8-10-16)17(22)13-21-14-19(4,5)11-6-12-20/h7-10,17,21-22H,6,11,13-14H2,1-5H3. The summed E-state index contributed by atoms with van der Waals surface area (Å²) in [6.07, 6.45) is 0.944. The van der Waals surface area contributed by atoms with Crippen LogP contribution in [0.25, 0.3) is 0 Å². The van der Waals surface area contributed by atoms with Crippen molar-refractivity contribution in [3.63, 3.8) is 0 Å². The quantitative estimate of drug-likeness (QED) is 0.802. The first-order valence-electron chi connectivity index (χ1n) is 8.02. The Morgan fingerprint density at radius 1 is 1.14 bits per heavy atom. The second-order valence-electron chi connectivity index (χ2n) is 7.84. The highest BCUT2D eigenvalue weighted by molar-refractivity contribution is 5.28. The molecule has 1 aromatic rings. The van der Waals surface area contributed by atoms with E-state index in [4.69, 9.17) is 5.26 Å². The molecular weight excluding hydrogens is 272 g/mol. The summed E-state index contributed by atoms with van der Waals surface area (Å²) in [5.41, 5.74) is 2.42. The molecule has 0 fully saturated rings. The van der Waals surface area contributed by atoms with E-state index in [-0.39, 0.29) is 10.8 Å². The molecule has 1 unspecified atom stereocenters. The number of benzene rings is 1. The van der Waals surface area contributed by atoms with Crippen LogP contribution in [-0.2, 0) is 5.41 Å². The molecule has 0 aliphatic rings. The zero-order valence-electron chi connectivity index (χ0n) is 14.6. The molecule has 0 spiro atoms. The summed E-state index contributed by atoms with van der Waals surface area (Å²) in [6, 6.07) is 10.4. The smallest absolute Gasteiger partial charge is 0.0914 e. The fourth-order valence-corrected chi connectivity index (χ4v) is 2.35. The summed E-state index contributed by atoms with van der Waals surface area (Å²) in [4.78, 5) is 0. The molecular formula is C19H30N2O. The van der Waals surface area contributed by atoms with Crippen molar-refractivity contribution in [1.82, 2.24) is 5.32 Å². The van der Waals surface area contributed by atoms with Crippen molar-refractivity contribution in [2.75, 3.05) is 13.1 Å². The molecule has 0 saturated heterocycles. The molecule has 122 valence electrons. The van der Waals surface area contributed by atoms with Gasteiger partial charge in [-0.05, 0) is 28.4 Å². The van der Waals surface area contributed by atoms with Crippen LogP contribution in [0, 0.1) is 16.7 Å². The lowest BCUT2D eigenvalue weighted by molar-refractivity contribution is 0.167. The monoisotopic (exact) mass is 302 g/mol. The molecule has 0 amide bonds. The summed E-state index contributed by atoms with van der Waals surface area (Å²) >= 11 is 0. The van der Waals surface area contributed by atoms with Gasteiger partial charge in [0.1, 0.15) is 0 Å². The Morgan fingerprint density at radius 3 is 2.23 bits per heavy atom. The maximum Gasteiger partial charge on any atom is 0.0914 e. The van der Waals surface area contributed by atoms with E-state index in [0.717, 1.165) is 18.5 Å². The lowest BCUT2D eigenvalue weighted by Gasteiger charge is -2.25. The minimum atomic E-state index is -0.499. The Bertz CT molecular complexity index is 492. The summed E-state index contributed by atoms with van der Waals surface area (Å²) in [5.74, 6) is 0. The van der Waals surface area contributed by atoms with Crippen LogP contribution in [0.5, 0.6) is 0 Å². The van der Waals surface area contributed by atoms with Crippen LogP contribution in [0.2, 0.25) is 0 Å². The van der Waals surface area contributed by atoms with Crippen LogP contribution >= 0.6 is 0 Å². The number of nitriles is 1.